The van der Waals surface area contributed by atoms with Crippen LogP contribution in [0.15, 0.2) is 170 Å². The van der Waals surface area contributed by atoms with Crippen molar-refractivity contribution in [3.8, 4) is 40.2 Å². The number of nitrogens with zero attached hydrogens (tertiary/aromatic N) is 1. The zero-order chi connectivity index (χ0) is 43.0. The summed E-state index contributed by atoms with van der Waals surface area (Å²) in [5.74, 6) is 1.45. The fourth-order valence-corrected chi connectivity index (χ4v) is 6.03. The Kier molecular flexibility index (Phi) is 14.8. The number of nitro groups is 1. The molecule has 1 N–H and O–H groups in total. The molecule has 0 aliphatic heterocycles. The molecule has 7 aromatic rings. The predicted octanol–water partition coefficient (Wildman–Crippen LogP) is 11.5. The number of hydrogen-bond acceptors (Lipinski definition) is 10. The number of aromatic hydroxyl groups is 1. The average Bonchev–Trinajstić information content (AvgIpc) is 3.27. The van der Waals surface area contributed by atoms with Gasteiger partial charge in [-0.2, -0.15) is 0 Å². The lowest BCUT2D eigenvalue weighted by Gasteiger charge is -2.17. The number of non-ortho nitro benzene ring substituents is 1. The predicted molar refractivity (Wildman–Crippen MR) is 231 cm³/mol. The SMILES string of the molecule is CC(=O)c1c(O)cc(OCc2ccccc2)cc1OCc1ccccc1.CC(=O)c1c(OCc2ccccc2)cc(OCc2ccccc2)cc1Oc1ccc([N+](=O)[O-])cc1. The molecule has 0 unspecified atom stereocenters. The monoisotopic (exact) mass is 817 g/mol. The standard InChI is InChI=1S/C28H23NO6.C22H20O4/c1-20(30)28-26(34-19-22-10-6-3-7-11-22)16-25(33-18-21-8-4-2-5-9-21)17-27(28)35-24-14-12-23(13-15-24)29(31)32;1-16(23)22-20(24)12-19(25-14-17-8-4-2-5-9-17)13-21(22)26-15-18-10-6-3-7-11-18/h2-17H,18-19H2,1H3;2-13,24H,14-15H2,1H3. The highest BCUT2D eigenvalue weighted by Crippen LogP contribution is 2.39. The topological polar surface area (TPSA) is 144 Å². The highest BCUT2D eigenvalue weighted by Gasteiger charge is 2.21. The summed E-state index contributed by atoms with van der Waals surface area (Å²) in [6, 6.07) is 50.6. The number of rotatable bonds is 17. The van der Waals surface area contributed by atoms with Gasteiger partial charge in [0.2, 0.25) is 0 Å². The van der Waals surface area contributed by atoms with Gasteiger partial charge < -0.3 is 28.8 Å². The molecule has 0 aliphatic rings. The van der Waals surface area contributed by atoms with E-state index in [0.717, 1.165) is 22.3 Å². The Morgan fingerprint density at radius 2 is 0.836 bits per heavy atom. The lowest BCUT2D eigenvalue weighted by Crippen LogP contribution is -2.05. The number of benzene rings is 7. The van der Waals surface area contributed by atoms with Crippen LogP contribution < -0.4 is 23.7 Å². The summed E-state index contributed by atoms with van der Waals surface area (Å²) in [6.07, 6.45) is 0. The molecular formula is C50H43NO10. The van der Waals surface area contributed by atoms with Gasteiger partial charge >= 0.3 is 0 Å². The molecular weight excluding hydrogens is 775 g/mol. The maximum absolute atomic E-state index is 12.6. The molecule has 61 heavy (non-hydrogen) atoms. The van der Waals surface area contributed by atoms with Crippen LogP contribution in [0.4, 0.5) is 5.69 Å². The van der Waals surface area contributed by atoms with E-state index in [1.807, 2.05) is 121 Å². The largest absolute Gasteiger partial charge is 0.507 e. The van der Waals surface area contributed by atoms with E-state index in [1.165, 1.54) is 44.2 Å². The number of Topliss-reactive ketones (excluding diaryl/α,β-unsaturated/α-hetero) is 2. The molecule has 308 valence electrons. The summed E-state index contributed by atoms with van der Waals surface area (Å²) in [6.45, 7) is 4.04. The fraction of sp³-hybridized carbons (Fsp3) is 0.120. The minimum atomic E-state index is -0.488. The van der Waals surface area contributed by atoms with E-state index < -0.39 is 4.92 Å². The van der Waals surface area contributed by atoms with Crippen molar-refractivity contribution in [2.24, 2.45) is 0 Å². The van der Waals surface area contributed by atoms with Crippen molar-refractivity contribution < 1.29 is 43.3 Å². The molecule has 0 saturated carbocycles. The van der Waals surface area contributed by atoms with Crippen LogP contribution in [0.3, 0.4) is 0 Å². The van der Waals surface area contributed by atoms with Gasteiger partial charge in [-0.25, -0.2) is 0 Å². The van der Waals surface area contributed by atoms with Gasteiger partial charge in [0.1, 0.15) is 77.8 Å². The molecule has 11 nitrogen and oxygen atoms in total. The van der Waals surface area contributed by atoms with Gasteiger partial charge in [-0.05, 0) is 48.2 Å². The number of phenols is 1. The van der Waals surface area contributed by atoms with Gasteiger partial charge in [0.25, 0.3) is 5.69 Å². The zero-order valence-corrected chi connectivity index (χ0v) is 33.6. The van der Waals surface area contributed by atoms with Gasteiger partial charge in [-0.15, -0.1) is 0 Å². The fourth-order valence-electron chi connectivity index (χ4n) is 6.03. The van der Waals surface area contributed by atoms with Crippen LogP contribution in [0, 0.1) is 10.1 Å². The molecule has 11 heteroatoms. The Labute approximate surface area is 353 Å². The number of carbonyl (C=O) groups is 2. The van der Waals surface area contributed by atoms with E-state index in [4.69, 9.17) is 23.7 Å². The van der Waals surface area contributed by atoms with Gasteiger partial charge in [-0.3, -0.25) is 19.7 Å². The van der Waals surface area contributed by atoms with Crippen LogP contribution >= 0.6 is 0 Å². The van der Waals surface area contributed by atoms with Crippen LogP contribution in [-0.2, 0) is 26.4 Å². The van der Waals surface area contributed by atoms with Gasteiger partial charge in [0, 0.05) is 36.4 Å². The minimum absolute atomic E-state index is 0.0593. The molecule has 0 aliphatic carbocycles. The summed E-state index contributed by atoms with van der Waals surface area (Å²) in [4.78, 5) is 35.0. The Bertz CT molecular complexity index is 2530. The first kappa shape index (κ1) is 42.7. The second kappa shape index (κ2) is 21.2. The van der Waals surface area contributed by atoms with E-state index in [2.05, 4.69) is 0 Å². The number of nitro benzene ring substituents is 1. The smallest absolute Gasteiger partial charge is 0.269 e. The minimum Gasteiger partial charge on any atom is -0.507 e. The summed E-state index contributed by atoms with van der Waals surface area (Å²) < 4.78 is 29.6. The molecule has 0 atom stereocenters. The Morgan fingerprint density at radius 1 is 0.475 bits per heavy atom. The van der Waals surface area contributed by atoms with Crippen molar-refractivity contribution in [2.45, 2.75) is 40.3 Å². The first-order valence-corrected chi connectivity index (χ1v) is 19.3. The molecule has 0 aromatic heterocycles. The molecule has 7 rings (SSSR count). The molecule has 0 amide bonds. The van der Waals surface area contributed by atoms with Crippen molar-refractivity contribution in [3.05, 3.63) is 213 Å². The van der Waals surface area contributed by atoms with Crippen LogP contribution in [0.2, 0.25) is 0 Å². The second-order valence-corrected chi connectivity index (χ2v) is 13.7. The maximum atomic E-state index is 12.6. The highest BCUT2D eigenvalue weighted by molar-refractivity contribution is 6.00. The first-order chi connectivity index (χ1) is 29.6. The number of phenolic OH excluding ortho intramolecular Hbond substituents is 1. The van der Waals surface area contributed by atoms with E-state index in [0.29, 0.717) is 48.6 Å². The maximum Gasteiger partial charge on any atom is 0.269 e. The lowest BCUT2D eigenvalue weighted by molar-refractivity contribution is -0.384. The summed E-state index contributed by atoms with van der Waals surface area (Å²) in [5.41, 5.74) is 4.25. The normalized spacial score (nSPS) is 10.4. The number of ketones is 2. The first-order valence-electron chi connectivity index (χ1n) is 19.3. The second-order valence-electron chi connectivity index (χ2n) is 13.7. The summed E-state index contributed by atoms with van der Waals surface area (Å²) >= 11 is 0. The van der Waals surface area contributed by atoms with Crippen molar-refractivity contribution >= 4 is 17.3 Å². The molecule has 7 aromatic carbocycles. The zero-order valence-electron chi connectivity index (χ0n) is 33.6. The highest BCUT2D eigenvalue weighted by atomic mass is 16.6. The van der Waals surface area contributed by atoms with E-state index >= 15 is 0 Å². The molecule has 0 heterocycles. The van der Waals surface area contributed by atoms with Crippen LogP contribution in [0.1, 0.15) is 56.8 Å². The molecule has 0 bridgehead atoms. The van der Waals surface area contributed by atoms with Gasteiger partial charge in [0.05, 0.1) is 4.92 Å². The third-order valence-corrected chi connectivity index (χ3v) is 9.04. The third-order valence-electron chi connectivity index (χ3n) is 9.04. The van der Waals surface area contributed by atoms with Gasteiger partial charge in [-0.1, -0.05) is 121 Å². The average molecular weight is 818 g/mol. The van der Waals surface area contributed by atoms with Crippen LogP contribution in [-0.4, -0.2) is 21.6 Å². The lowest BCUT2D eigenvalue weighted by atomic mass is 10.1. The summed E-state index contributed by atoms with van der Waals surface area (Å²) in [5, 5.41) is 21.2. The van der Waals surface area contributed by atoms with Crippen molar-refractivity contribution in [1.29, 1.82) is 0 Å². The van der Waals surface area contributed by atoms with E-state index in [9.17, 15) is 24.8 Å². The van der Waals surface area contributed by atoms with Crippen LogP contribution in [0.5, 0.6) is 40.2 Å². The number of carbonyl (C=O) groups excluding carboxylic acids is 2. The third kappa shape index (κ3) is 12.5. The van der Waals surface area contributed by atoms with Crippen molar-refractivity contribution in [2.75, 3.05) is 0 Å². The Hall–Kier alpha value is -7.92. The van der Waals surface area contributed by atoms with Crippen molar-refractivity contribution in [1.82, 2.24) is 0 Å². The van der Waals surface area contributed by atoms with Crippen molar-refractivity contribution in [3.63, 3.8) is 0 Å². The van der Waals surface area contributed by atoms with E-state index in [1.54, 1.807) is 18.2 Å². The molecule has 0 saturated heterocycles. The molecule has 0 radical (unpaired) electrons. The number of hydrogen-bond donors (Lipinski definition) is 1. The summed E-state index contributed by atoms with van der Waals surface area (Å²) in [7, 11) is 0. The van der Waals surface area contributed by atoms with Gasteiger partial charge in [0.15, 0.2) is 11.6 Å². The molecule has 0 fully saturated rings. The Balaban J connectivity index is 0.000000213. The number of ether oxygens (including phenoxy) is 5. The van der Waals surface area contributed by atoms with Crippen LogP contribution in [0.25, 0.3) is 0 Å². The quantitative estimate of drug-likeness (QED) is 0.0535. The Morgan fingerprint density at radius 3 is 1.23 bits per heavy atom. The van der Waals surface area contributed by atoms with E-state index in [-0.39, 0.29) is 46.5 Å². The molecule has 0 spiro atoms.